The lowest BCUT2D eigenvalue weighted by Gasteiger charge is -2.40. The number of furan rings is 1. The van der Waals surface area contributed by atoms with Crippen molar-refractivity contribution in [1.82, 2.24) is 14.8 Å². The topological polar surface area (TPSA) is 67.6 Å². The number of nitrogens with zero attached hydrogens (tertiary/aromatic N) is 4. The summed E-state index contributed by atoms with van der Waals surface area (Å²) in [6, 6.07) is 25.6. The van der Waals surface area contributed by atoms with Gasteiger partial charge in [-0.15, -0.1) is 5.10 Å². The molecule has 0 fully saturated rings. The summed E-state index contributed by atoms with van der Waals surface area (Å²) in [7, 11) is 0. The van der Waals surface area contributed by atoms with E-state index in [1.54, 1.807) is 6.92 Å². The third kappa shape index (κ3) is 5.00. The summed E-state index contributed by atoms with van der Waals surface area (Å²) in [6.45, 7) is 16.6. The number of fused-ring (bicyclic) bond motifs is 10. The molecule has 1 aliphatic heterocycles. The van der Waals surface area contributed by atoms with E-state index in [0.29, 0.717) is 5.82 Å². The number of para-hydroxylation sites is 1. The molecule has 6 aromatic rings. The number of hydrogen-bond donors (Lipinski definition) is 0. The molecule has 0 saturated carbocycles. The predicted octanol–water partition coefficient (Wildman–Crippen LogP) is 11.4. The van der Waals surface area contributed by atoms with Gasteiger partial charge in [-0.1, -0.05) is 116 Å². The van der Waals surface area contributed by atoms with E-state index in [9.17, 15) is 5.26 Å². The Morgan fingerprint density at radius 1 is 0.959 bits per heavy atom. The third-order valence-electron chi connectivity index (χ3n) is 11.0. The Labute approximate surface area is 288 Å². The standard InChI is InChI=1S/C39H35FN4O.C4H10/c1-20(2)27-18-28-26-13-9-10-14-30(26)45-37(28)33-21(3)32-25-12-8-7-11-23(25)17-24-15-16-29(39(5,6)22(4)40)35(34(24)32)38-42-31(19-41)43-44(38)36(27)33;1-3-4-2/h7-16,18,20-22,32H,17H2,1-6H3;3-4H2,1-2H3/t21?,22-,32?;/m1./s1. The van der Waals surface area contributed by atoms with Crippen molar-refractivity contribution in [3.8, 4) is 23.1 Å². The molecule has 2 aliphatic rings. The molecule has 5 nitrogen and oxygen atoms in total. The summed E-state index contributed by atoms with van der Waals surface area (Å²) >= 11 is 0. The van der Waals surface area contributed by atoms with E-state index < -0.39 is 11.6 Å². The Balaban J connectivity index is 0.000000898. The van der Waals surface area contributed by atoms with Crippen LogP contribution in [0.5, 0.6) is 0 Å². The average Bonchev–Trinajstić information content (AvgIpc) is 3.69. The van der Waals surface area contributed by atoms with Crippen LogP contribution in [0.1, 0.15) is 131 Å². The zero-order valence-corrected chi connectivity index (χ0v) is 29.9. The molecule has 3 heterocycles. The fourth-order valence-electron chi connectivity index (χ4n) is 7.88. The molecule has 0 saturated heterocycles. The zero-order valence-electron chi connectivity index (χ0n) is 29.9. The van der Waals surface area contributed by atoms with Crippen LogP contribution in [0.4, 0.5) is 4.39 Å². The molecule has 0 spiro atoms. The first kappa shape index (κ1) is 32.8. The van der Waals surface area contributed by atoms with Gasteiger partial charge < -0.3 is 4.42 Å². The first-order valence-electron chi connectivity index (χ1n) is 17.8. The van der Waals surface area contributed by atoms with Crippen LogP contribution in [0.15, 0.2) is 71.1 Å². The van der Waals surface area contributed by atoms with E-state index in [-0.39, 0.29) is 23.6 Å². The van der Waals surface area contributed by atoms with Gasteiger partial charge in [0.05, 0.1) is 5.69 Å². The molecule has 6 heteroatoms. The molecule has 0 radical (unpaired) electrons. The van der Waals surface area contributed by atoms with Crippen LogP contribution < -0.4 is 0 Å². The Morgan fingerprint density at radius 2 is 1.67 bits per heavy atom. The van der Waals surface area contributed by atoms with Crippen LogP contribution in [-0.2, 0) is 11.8 Å². The first-order chi connectivity index (χ1) is 23.5. The van der Waals surface area contributed by atoms with Gasteiger partial charge in [-0.25, -0.2) is 9.07 Å². The van der Waals surface area contributed by atoms with E-state index in [0.717, 1.165) is 61.9 Å². The van der Waals surface area contributed by atoms with Gasteiger partial charge in [0.15, 0.2) is 5.82 Å². The van der Waals surface area contributed by atoms with Gasteiger partial charge in [-0.05, 0) is 70.7 Å². The van der Waals surface area contributed by atoms with Crippen molar-refractivity contribution in [2.24, 2.45) is 0 Å². The molecule has 250 valence electrons. The molecule has 2 unspecified atom stereocenters. The fraction of sp³-hybridized carbons (Fsp3) is 0.372. The summed E-state index contributed by atoms with van der Waals surface area (Å²) in [5.74, 6) is 0.704. The lowest BCUT2D eigenvalue weighted by atomic mass is 9.65. The SMILES string of the molecule is CC(C)c1cc2c(oc3ccccc32)c2c1-n1nc(C#N)nc1-c1c(C(C)(C)[C@@H](C)F)ccc3c1C(c1ccccc1C3)C2C.CCCC. The van der Waals surface area contributed by atoms with Gasteiger partial charge in [0.1, 0.15) is 23.4 Å². The minimum Gasteiger partial charge on any atom is -0.456 e. The number of unbranched alkanes of at least 4 members (excludes halogenated alkanes) is 1. The minimum atomic E-state index is -1.12. The highest BCUT2D eigenvalue weighted by atomic mass is 19.1. The summed E-state index contributed by atoms with van der Waals surface area (Å²) in [5.41, 5.74) is 10.6. The molecule has 0 amide bonds. The van der Waals surface area contributed by atoms with Crippen molar-refractivity contribution in [1.29, 1.82) is 5.26 Å². The highest BCUT2D eigenvalue weighted by molar-refractivity contribution is 6.07. The van der Waals surface area contributed by atoms with Crippen molar-refractivity contribution in [3.05, 3.63) is 111 Å². The molecule has 4 aromatic carbocycles. The second-order valence-corrected chi connectivity index (χ2v) is 14.7. The molecular weight excluding hydrogens is 607 g/mol. The van der Waals surface area contributed by atoms with E-state index >= 15 is 4.39 Å². The molecule has 3 atom stereocenters. The van der Waals surface area contributed by atoms with Crippen LogP contribution in [0.2, 0.25) is 0 Å². The second kappa shape index (κ2) is 12.3. The Hall–Kier alpha value is -4.76. The van der Waals surface area contributed by atoms with Crippen molar-refractivity contribution in [3.63, 3.8) is 0 Å². The van der Waals surface area contributed by atoms with Gasteiger partial charge in [-0.2, -0.15) is 10.2 Å². The number of rotatable bonds is 4. The highest BCUT2D eigenvalue weighted by Gasteiger charge is 2.43. The molecule has 49 heavy (non-hydrogen) atoms. The monoisotopic (exact) mass is 652 g/mol. The lowest BCUT2D eigenvalue weighted by Crippen LogP contribution is -2.31. The summed E-state index contributed by atoms with van der Waals surface area (Å²) in [6.07, 6.45) is 2.29. The average molecular weight is 653 g/mol. The minimum absolute atomic E-state index is 0.0511. The van der Waals surface area contributed by atoms with Crippen molar-refractivity contribution < 1.29 is 8.81 Å². The van der Waals surface area contributed by atoms with Crippen molar-refractivity contribution in [2.45, 2.75) is 104 Å². The summed E-state index contributed by atoms with van der Waals surface area (Å²) in [4.78, 5) is 4.92. The van der Waals surface area contributed by atoms with Crippen LogP contribution in [-0.4, -0.2) is 20.9 Å². The molecule has 8 rings (SSSR count). The van der Waals surface area contributed by atoms with Gasteiger partial charge in [0.2, 0.25) is 0 Å². The molecule has 1 aliphatic carbocycles. The Bertz CT molecular complexity index is 2260. The quantitative estimate of drug-likeness (QED) is 0.190. The van der Waals surface area contributed by atoms with Crippen LogP contribution in [0.25, 0.3) is 39.0 Å². The Kier molecular flexibility index (Phi) is 8.22. The lowest BCUT2D eigenvalue weighted by molar-refractivity contribution is 0.237. The normalized spacial score (nSPS) is 16.8. The maximum absolute atomic E-state index is 15.6. The fourth-order valence-corrected chi connectivity index (χ4v) is 7.88. The number of halogens is 1. The van der Waals surface area contributed by atoms with Gasteiger partial charge in [0.25, 0.3) is 5.82 Å². The summed E-state index contributed by atoms with van der Waals surface area (Å²) in [5, 5.41) is 17.2. The van der Waals surface area contributed by atoms with E-state index in [2.05, 4.69) is 95.3 Å². The van der Waals surface area contributed by atoms with Crippen LogP contribution in [0.3, 0.4) is 0 Å². The smallest absolute Gasteiger partial charge is 0.253 e. The van der Waals surface area contributed by atoms with E-state index in [4.69, 9.17) is 14.5 Å². The number of benzene rings is 4. The molecule has 2 aromatic heterocycles. The van der Waals surface area contributed by atoms with Gasteiger partial charge >= 0.3 is 0 Å². The number of alkyl halides is 1. The third-order valence-corrected chi connectivity index (χ3v) is 11.0. The largest absolute Gasteiger partial charge is 0.456 e. The van der Waals surface area contributed by atoms with E-state index in [1.807, 2.05) is 30.7 Å². The molecular formula is C43H45FN4O. The van der Waals surface area contributed by atoms with Crippen LogP contribution in [0, 0.1) is 11.3 Å². The number of nitriles is 1. The summed E-state index contributed by atoms with van der Waals surface area (Å²) < 4.78 is 24.2. The van der Waals surface area contributed by atoms with E-state index in [1.165, 1.54) is 29.5 Å². The number of hydrogen-bond acceptors (Lipinski definition) is 4. The zero-order chi connectivity index (χ0) is 34.8. The Morgan fingerprint density at radius 3 is 2.37 bits per heavy atom. The molecule has 0 bridgehead atoms. The second-order valence-electron chi connectivity index (χ2n) is 14.7. The van der Waals surface area contributed by atoms with Gasteiger partial charge in [0, 0.05) is 33.2 Å². The van der Waals surface area contributed by atoms with Crippen molar-refractivity contribution in [2.75, 3.05) is 0 Å². The van der Waals surface area contributed by atoms with Crippen molar-refractivity contribution >= 4 is 21.9 Å². The predicted molar refractivity (Wildman–Crippen MR) is 197 cm³/mol. The van der Waals surface area contributed by atoms with Crippen LogP contribution >= 0.6 is 0 Å². The number of aromatic nitrogens is 3. The maximum atomic E-state index is 15.6. The first-order valence-corrected chi connectivity index (χ1v) is 17.8. The maximum Gasteiger partial charge on any atom is 0.253 e. The van der Waals surface area contributed by atoms with Gasteiger partial charge in [-0.3, -0.25) is 0 Å². The molecule has 0 N–H and O–H groups in total. The highest BCUT2D eigenvalue weighted by Crippen LogP contribution is 2.55.